The van der Waals surface area contributed by atoms with E-state index >= 15 is 0 Å². The Bertz CT molecular complexity index is 980. The van der Waals surface area contributed by atoms with Crippen LogP contribution in [0.4, 0.5) is 0 Å². The summed E-state index contributed by atoms with van der Waals surface area (Å²) in [5.41, 5.74) is 0.492. The predicted molar refractivity (Wildman–Crippen MR) is 139 cm³/mol. The Morgan fingerprint density at radius 3 is 2.40 bits per heavy atom. The molecule has 3 N–H and O–H groups in total. The van der Waals surface area contributed by atoms with Gasteiger partial charge in [-0.05, 0) is 50.3 Å². The SMILES string of the molecule is CC(=Cc1csc(C)n1)C1CCC(C)/C=C\C(=O)C(C)C(O)C(C)C(=O)C(C)(C)C(O)CC(=O)N1. The van der Waals surface area contributed by atoms with Gasteiger partial charge in [0.05, 0.1) is 40.8 Å². The van der Waals surface area contributed by atoms with Crippen molar-refractivity contribution in [1.82, 2.24) is 10.3 Å². The fourth-order valence-corrected chi connectivity index (χ4v) is 4.89. The molecule has 0 aromatic carbocycles. The Morgan fingerprint density at radius 2 is 1.80 bits per heavy atom. The first-order valence-electron chi connectivity index (χ1n) is 12.3. The maximum absolute atomic E-state index is 13.2. The minimum atomic E-state index is -1.28. The molecule has 1 aliphatic rings. The second-order valence-electron chi connectivity index (χ2n) is 10.5. The highest BCUT2D eigenvalue weighted by Crippen LogP contribution is 2.31. The number of hydrogen-bond donors (Lipinski definition) is 3. The molecule has 1 aromatic rings. The molecule has 6 atom stereocenters. The van der Waals surface area contributed by atoms with Crippen LogP contribution in [0, 0.1) is 30.1 Å². The van der Waals surface area contributed by atoms with Crippen molar-refractivity contribution in [3.8, 4) is 0 Å². The Morgan fingerprint density at radius 1 is 1.14 bits per heavy atom. The predicted octanol–water partition coefficient (Wildman–Crippen LogP) is 3.87. The molecule has 0 bridgehead atoms. The number of aliphatic hydroxyl groups is 2. The molecule has 0 saturated carbocycles. The van der Waals surface area contributed by atoms with Crippen molar-refractivity contribution in [3.05, 3.63) is 33.8 Å². The molecule has 6 unspecified atom stereocenters. The van der Waals surface area contributed by atoms with Gasteiger partial charge in [0.1, 0.15) is 5.78 Å². The molecule has 194 valence electrons. The third kappa shape index (κ3) is 7.66. The Balaban J connectivity index is 2.38. The minimum Gasteiger partial charge on any atom is -0.392 e. The number of nitrogens with one attached hydrogen (secondary N) is 1. The third-order valence-corrected chi connectivity index (χ3v) is 7.92. The molecule has 0 spiro atoms. The summed E-state index contributed by atoms with van der Waals surface area (Å²) in [6, 6.07) is -0.283. The van der Waals surface area contributed by atoms with Gasteiger partial charge in [-0.2, -0.15) is 0 Å². The van der Waals surface area contributed by atoms with Crippen molar-refractivity contribution in [2.24, 2.45) is 23.2 Å². The topological polar surface area (TPSA) is 117 Å². The molecule has 0 fully saturated rings. The summed E-state index contributed by atoms with van der Waals surface area (Å²) in [7, 11) is 0. The van der Waals surface area contributed by atoms with Crippen molar-refractivity contribution in [2.75, 3.05) is 0 Å². The van der Waals surface area contributed by atoms with Crippen LogP contribution in [0.3, 0.4) is 0 Å². The van der Waals surface area contributed by atoms with E-state index in [1.165, 1.54) is 6.08 Å². The number of amides is 1. The van der Waals surface area contributed by atoms with Crippen LogP contribution in [0.2, 0.25) is 0 Å². The molecule has 0 aliphatic carbocycles. The van der Waals surface area contributed by atoms with E-state index in [1.54, 1.807) is 39.0 Å². The molecule has 1 aromatic heterocycles. The molecule has 0 radical (unpaired) electrons. The van der Waals surface area contributed by atoms with Crippen molar-refractivity contribution < 1.29 is 24.6 Å². The lowest BCUT2D eigenvalue weighted by Gasteiger charge is -2.34. The maximum atomic E-state index is 13.2. The average molecular weight is 505 g/mol. The van der Waals surface area contributed by atoms with Gasteiger partial charge in [0.25, 0.3) is 0 Å². The number of aromatic nitrogens is 1. The van der Waals surface area contributed by atoms with E-state index in [0.717, 1.165) is 22.7 Å². The van der Waals surface area contributed by atoms with E-state index in [2.05, 4.69) is 10.3 Å². The molecule has 2 heterocycles. The summed E-state index contributed by atoms with van der Waals surface area (Å²) in [4.78, 5) is 43.3. The van der Waals surface area contributed by atoms with Crippen LogP contribution in [0.1, 0.15) is 71.5 Å². The van der Waals surface area contributed by atoms with Gasteiger partial charge >= 0.3 is 0 Å². The van der Waals surface area contributed by atoms with E-state index in [4.69, 9.17) is 0 Å². The van der Waals surface area contributed by atoms with Gasteiger partial charge in [0.2, 0.25) is 5.91 Å². The largest absolute Gasteiger partial charge is 0.392 e. The lowest BCUT2D eigenvalue weighted by molar-refractivity contribution is -0.143. The molecular weight excluding hydrogens is 464 g/mol. The summed E-state index contributed by atoms with van der Waals surface area (Å²) >= 11 is 1.55. The van der Waals surface area contributed by atoms with E-state index in [9.17, 15) is 24.6 Å². The number of ketones is 2. The molecular formula is C27H40N2O5S. The number of carbonyl (C=O) groups is 3. The molecule has 1 aliphatic heterocycles. The molecule has 7 nitrogen and oxygen atoms in total. The van der Waals surface area contributed by atoms with Crippen LogP contribution in [0.25, 0.3) is 6.08 Å². The van der Waals surface area contributed by atoms with Gasteiger partial charge < -0.3 is 15.5 Å². The molecule has 1 amide bonds. The number of aliphatic hydroxyl groups excluding tert-OH is 2. The lowest BCUT2D eigenvalue weighted by Crippen LogP contribution is -2.47. The van der Waals surface area contributed by atoms with Crippen molar-refractivity contribution >= 4 is 34.9 Å². The first-order valence-corrected chi connectivity index (χ1v) is 13.1. The second-order valence-corrected chi connectivity index (χ2v) is 11.6. The van der Waals surface area contributed by atoms with E-state index < -0.39 is 29.5 Å². The normalized spacial score (nSPS) is 32.8. The van der Waals surface area contributed by atoms with Crippen molar-refractivity contribution in [1.29, 1.82) is 0 Å². The maximum Gasteiger partial charge on any atom is 0.223 e. The Kier molecular flexibility index (Phi) is 10.1. The second kappa shape index (κ2) is 12.2. The zero-order valence-electron chi connectivity index (χ0n) is 21.9. The van der Waals surface area contributed by atoms with E-state index in [-0.39, 0.29) is 35.9 Å². The number of carbonyl (C=O) groups excluding carboxylic acids is 3. The first-order chi connectivity index (χ1) is 16.2. The first kappa shape index (κ1) is 29.1. The number of allylic oxidation sites excluding steroid dienone is 2. The monoisotopic (exact) mass is 504 g/mol. The van der Waals surface area contributed by atoms with Crippen LogP contribution >= 0.6 is 11.3 Å². The summed E-state index contributed by atoms with van der Waals surface area (Å²) in [6.45, 7) is 12.2. The number of hydrogen-bond acceptors (Lipinski definition) is 7. The number of aryl methyl sites for hydroxylation is 1. The minimum absolute atomic E-state index is 0.0634. The van der Waals surface area contributed by atoms with Crippen LogP contribution in [-0.4, -0.2) is 50.9 Å². The molecule has 35 heavy (non-hydrogen) atoms. The average Bonchev–Trinajstić information content (AvgIpc) is 3.21. The van der Waals surface area contributed by atoms with Crippen LogP contribution in [0.5, 0.6) is 0 Å². The summed E-state index contributed by atoms with van der Waals surface area (Å²) in [6.07, 6.45) is 3.93. The zero-order chi connectivity index (χ0) is 26.5. The molecule has 8 heteroatoms. The van der Waals surface area contributed by atoms with Gasteiger partial charge in [0.15, 0.2) is 5.78 Å². The fourth-order valence-electron chi connectivity index (χ4n) is 4.32. The van der Waals surface area contributed by atoms with Gasteiger partial charge in [0, 0.05) is 17.2 Å². The Labute approximate surface area is 212 Å². The van der Waals surface area contributed by atoms with Crippen molar-refractivity contribution in [2.45, 2.75) is 86.0 Å². The van der Waals surface area contributed by atoms with Gasteiger partial charge in [-0.3, -0.25) is 14.4 Å². The standard InChI is InChI=1S/C27H40N2O5S/c1-15-8-10-21(16(2)12-20-14-35-19(5)28-20)29-24(32)13-23(31)27(6,7)26(34)18(4)25(33)17(3)22(30)11-9-15/h9,11-12,14-15,17-18,21,23,25,31,33H,8,10,13H2,1-7H3,(H,29,32)/b11-9-,16-12?. The van der Waals surface area contributed by atoms with Gasteiger partial charge in [-0.1, -0.05) is 40.7 Å². The van der Waals surface area contributed by atoms with Gasteiger partial charge in [-0.25, -0.2) is 4.98 Å². The van der Waals surface area contributed by atoms with Crippen LogP contribution in [-0.2, 0) is 14.4 Å². The highest BCUT2D eigenvalue weighted by molar-refractivity contribution is 7.09. The number of Topliss-reactive ketones (excluding diaryl/α,β-unsaturated/α-hetero) is 1. The van der Waals surface area contributed by atoms with Crippen LogP contribution in [0.15, 0.2) is 23.1 Å². The van der Waals surface area contributed by atoms with Crippen molar-refractivity contribution in [3.63, 3.8) is 0 Å². The highest BCUT2D eigenvalue weighted by atomic mass is 32.1. The van der Waals surface area contributed by atoms with E-state index in [1.807, 2.05) is 38.3 Å². The summed E-state index contributed by atoms with van der Waals surface area (Å²) in [5, 5.41) is 27.5. The van der Waals surface area contributed by atoms with Crippen LogP contribution < -0.4 is 5.32 Å². The lowest BCUT2D eigenvalue weighted by atomic mass is 9.73. The number of thiazole rings is 1. The quantitative estimate of drug-likeness (QED) is 0.563. The highest BCUT2D eigenvalue weighted by Gasteiger charge is 2.42. The third-order valence-electron chi connectivity index (χ3n) is 7.13. The Hall–Kier alpha value is -2.16. The summed E-state index contributed by atoms with van der Waals surface area (Å²) < 4.78 is 0. The van der Waals surface area contributed by atoms with Gasteiger partial charge in [-0.15, -0.1) is 11.3 Å². The number of rotatable bonds is 2. The molecule has 2 rings (SSSR count). The fraction of sp³-hybridized carbons (Fsp3) is 0.630. The smallest absolute Gasteiger partial charge is 0.223 e. The number of nitrogens with zero attached hydrogens (tertiary/aromatic N) is 1. The zero-order valence-corrected chi connectivity index (χ0v) is 22.7. The summed E-state index contributed by atoms with van der Waals surface area (Å²) in [5.74, 6) is -2.55. The van der Waals surface area contributed by atoms with E-state index in [0.29, 0.717) is 6.42 Å². The molecule has 0 saturated heterocycles.